The van der Waals surface area contributed by atoms with Gasteiger partial charge in [-0.15, -0.1) is 0 Å². The first-order valence-corrected chi connectivity index (χ1v) is 8.16. The number of carboxylic acid groups (broad SMARTS) is 1. The SMILES string of the molecule is O=C(O)[C@@H]1CN(S(=O)(=O)c2ccccc2C(F)(F)F)C[C@H]1C(F)(F)F. The van der Waals surface area contributed by atoms with E-state index in [0.29, 0.717) is 12.1 Å². The standard InChI is InChI=1S/C13H11F6NO4S/c14-12(15,16)8-3-1-2-4-10(8)25(23,24)20-5-7(11(21)22)9(6-20)13(17,18)19/h1-4,7,9H,5-6H2,(H,21,22)/t7-,9-/m1/s1. The van der Waals surface area contributed by atoms with Crippen LogP contribution in [0.25, 0.3) is 0 Å². The second-order valence-corrected chi connectivity index (χ2v) is 7.32. The number of carboxylic acids is 1. The van der Waals surface area contributed by atoms with Gasteiger partial charge < -0.3 is 5.11 Å². The maximum Gasteiger partial charge on any atom is 0.417 e. The summed E-state index contributed by atoms with van der Waals surface area (Å²) >= 11 is 0. The fourth-order valence-corrected chi connectivity index (χ4v) is 4.31. The minimum Gasteiger partial charge on any atom is -0.481 e. The van der Waals surface area contributed by atoms with Gasteiger partial charge in [0.1, 0.15) is 0 Å². The lowest BCUT2D eigenvalue weighted by molar-refractivity contribution is -0.187. The van der Waals surface area contributed by atoms with Gasteiger partial charge in [0.25, 0.3) is 0 Å². The van der Waals surface area contributed by atoms with Crippen molar-refractivity contribution in [2.24, 2.45) is 11.8 Å². The Balaban J connectivity index is 2.48. The average molecular weight is 391 g/mol. The third kappa shape index (κ3) is 3.73. The molecule has 2 atom stereocenters. The van der Waals surface area contributed by atoms with Gasteiger partial charge in [-0.05, 0) is 12.1 Å². The first-order valence-electron chi connectivity index (χ1n) is 6.72. The molecule has 0 aromatic heterocycles. The van der Waals surface area contributed by atoms with Crippen LogP contribution in [0.4, 0.5) is 26.3 Å². The Kier molecular flexibility index (Phi) is 4.81. The molecule has 0 bridgehead atoms. The number of nitrogens with zero attached hydrogens (tertiary/aromatic N) is 1. The topological polar surface area (TPSA) is 74.7 Å². The van der Waals surface area contributed by atoms with Crippen molar-refractivity contribution >= 4 is 16.0 Å². The fourth-order valence-electron chi connectivity index (χ4n) is 2.61. The number of benzene rings is 1. The summed E-state index contributed by atoms with van der Waals surface area (Å²) in [7, 11) is -4.96. The van der Waals surface area contributed by atoms with Crippen LogP contribution in [0.2, 0.25) is 0 Å². The number of hydrogen-bond donors (Lipinski definition) is 1. The molecule has 1 aliphatic rings. The number of rotatable bonds is 3. The Labute approximate surface area is 137 Å². The third-order valence-corrected chi connectivity index (χ3v) is 5.72. The fraction of sp³-hybridized carbons (Fsp3) is 0.462. The molecular weight excluding hydrogens is 380 g/mol. The number of hydrogen-bond acceptors (Lipinski definition) is 3. The average Bonchev–Trinajstić information content (AvgIpc) is 2.92. The van der Waals surface area contributed by atoms with Crippen LogP contribution in [-0.2, 0) is 21.0 Å². The Morgan fingerprint density at radius 2 is 1.64 bits per heavy atom. The second-order valence-electron chi connectivity index (χ2n) is 5.41. The van der Waals surface area contributed by atoms with Crippen LogP contribution in [0.3, 0.4) is 0 Å². The van der Waals surface area contributed by atoms with Crippen LogP contribution in [0.15, 0.2) is 29.2 Å². The van der Waals surface area contributed by atoms with Gasteiger partial charge in [0.2, 0.25) is 10.0 Å². The number of aliphatic carboxylic acids is 1. The van der Waals surface area contributed by atoms with E-state index in [1.165, 1.54) is 0 Å². The van der Waals surface area contributed by atoms with Gasteiger partial charge in [-0.25, -0.2) is 8.42 Å². The molecule has 0 saturated carbocycles. The number of halogens is 6. The molecule has 0 amide bonds. The van der Waals surface area contributed by atoms with Crippen molar-refractivity contribution in [2.75, 3.05) is 13.1 Å². The zero-order valence-corrected chi connectivity index (χ0v) is 13.0. The molecule has 0 aliphatic carbocycles. The monoisotopic (exact) mass is 391 g/mol. The van der Waals surface area contributed by atoms with Crippen molar-refractivity contribution in [1.29, 1.82) is 0 Å². The molecular formula is C13H11F6NO4S. The van der Waals surface area contributed by atoms with E-state index in [2.05, 4.69) is 0 Å². The molecule has 0 unspecified atom stereocenters. The molecule has 25 heavy (non-hydrogen) atoms. The molecule has 1 saturated heterocycles. The highest BCUT2D eigenvalue weighted by Crippen LogP contribution is 2.41. The Morgan fingerprint density at radius 1 is 1.08 bits per heavy atom. The van der Waals surface area contributed by atoms with E-state index in [4.69, 9.17) is 5.11 Å². The lowest BCUT2D eigenvalue weighted by atomic mass is 9.96. The van der Waals surface area contributed by atoms with Crippen LogP contribution in [0, 0.1) is 11.8 Å². The molecule has 1 N–H and O–H groups in total. The highest BCUT2D eigenvalue weighted by Gasteiger charge is 2.55. The van der Waals surface area contributed by atoms with E-state index in [0.717, 1.165) is 12.1 Å². The van der Waals surface area contributed by atoms with Crippen molar-refractivity contribution in [3.05, 3.63) is 29.8 Å². The summed E-state index contributed by atoms with van der Waals surface area (Å²) in [5, 5.41) is 8.88. The lowest BCUT2D eigenvalue weighted by Crippen LogP contribution is -2.34. The Hall–Kier alpha value is -1.82. The van der Waals surface area contributed by atoms with Crippen molar-refractivity contribution < 1.29 is 44.7 Å². The summed E-state index contributed by atoms with van der Waals surface area (Å²) in [6.45, 7) is -2.32. The van der Waals surface area contributed by atoms with Gasteiger partial charge in [-0.1, -0.05) is 12.1 Å². The van der Waals surface area contributed by atoms with Crippen LogP contribution in [0.1, 0.15) is 5.56 Å². The van der Waals surface area contributed by atoms with Crippen LogP contribution in [-0.4, -0.2) is 43.1 Å². The maximum absolute atomic E-state index is 13.0. The van der Waals surface area contributed by atoms with E-state index >= 15 is 0 Å². The van der Waals surface area contributed by atoms with Gasteiger partial charge in [0.15, 0.2) is 0 Å². The molecule has 140 valence electrons. The number of alkyl halides is 6. The molecule has 0 spiro atoms. The van der Waals surface area contributed by atoms with Gasteiger partial charge in [-0.3, -0.25) is 4.79 Å². The molecule has 1 aromatic carbocycles. The Bertz CT molecular complexity index is 773. The minimum atomic E-state index is -5.04. The number of carbonyl (C=O) groups is 1. The molecule has 5 nitrogen and oxygen atoms in total. The summed E-state index contributed by atoms with van der Waals surface area (Å²) in [4.78, 5) is 9.78. The Morgan fingerprint density at radius 3 is 2.08 bits per heavy atom. The summed E-state index contributed by atoms with van der Waals surface area (Å²) in [5.74, 6) is -6.46. The predicted molar refractivity (Wildman–Crippen MR) is 70.9 cm³/mol. The second kappa shape index (κ2) is 6.16. The first kappa shape index (κ1) is 19.5. The molecule has 1 heterocycles. The minimum absolute atomic E-state index is 0.133. The first-order chi connectivity index (χ1) is 11.3. The third-order valence-electron chi connectivity index (χ3n) is 3.83. The number of sulfonamides is 1. The maximum atomic E-state index is 13.0. The largest absolute Gasteiger partial charge is 0.481 e. The van der Waals surface area contributed by atoms with Gasteiger partial charge in [-0.2, -0.15) is 30.6 Å². The van der Waals surface area contributed by atoms with Gasteiger partial charge in [0, 0.05) is 13.1 Å². The van der Waals surface area contributed by atoms with Crippen LogP contribution < -0.4 is 0 Å². The highest BCUT2D eigenvalue weighted by atomic mass is 32.2. The summed E-state index contributed by atoms with van der Waals surface area (Å²) in [6, 6.07) is 3.03. The van der Waals surface area contributed by atoms with E-state index in [1.807, 2.05) is 0 Å². The van der Waals surface area contributed by atoms with Gasteiger partial charge in [0.05, 0.1) is 22.3 Å². The van der Waals surface area contributed by atoms with E-state index in [1.54, 1.807) is 0 Å². The quantitative estimate of drug-likeness (QED) is 0.804. The molecule has 1 fully saturated rings. The van der Waals surface area contributed by atoms with Crippen LogP contribution >= 0.6 is 0 Å². The molecule has 1 aromatic rings. The molecule has 12 heteroatoms. The van der Waals surface area contributed by atoms with Crippen LogP contribution in [0.5, 0.6) is 0 Å². The zero-order chi connectivity index (χ0) is 19.2. The lowest BCUT2D eigenvalue weighted by Gasteiger charge is -2.20. The zero-order valence-electron chi connectivity index (χ0n) is 12.2. The normalized spacial score (nSPS) is 23.0. The highest BCUT2D eigenvalue weighted by molar-refractivity contribution is 7.89. The molecule has 1 aliphatic heterocycles. The van der Waals surface area contributed by atoms with Crippen molar-refractivity contribution in [3.63, 3.8) is 0 Å². The van der Waals surface area contributed by atoms with Crippen molar-refractivity contribution in [2.45, 2.75) is 17.2 Å². The smallest absolute Gasteiger partial charge is 0.417 e. The van der Waals surface area contributed by atoms with Crippen molar-refractivity contribution in [1.82, 2.24) is 4.31 Å². The van der Waals surface area contributed by atoms with Gasteiger partial charge >= 0.3 is 18.3 Å². The summed E-state index contributed by atoms with van der Waals surface area (Å²) in [6.07, 6.45) is -10.0. The summed E-state index contributed by atoms with van der Waals surface area (Å²) < 4.78 is 103. The van der Waals surface area contributed by atoms with E-state index in [9.17, 15) is 39.6 Å². The van der Waals surface area contributed by atoms with E-state index in [-0.39, 0.29) is 4.31 Å². The molecule has 0 radical (unpaired) electrons. The van der Waals surface area contributed by atoms with Crippen molar-refractivity contribution in [3.8, 4) is 0 Å². The molecule has 2 rings (SSSR count). The summed E-state index contributed by atoms with van der Waals surface area (Å²) in [5.41, 5.74) is -1.53. The predicted octanol–water partition coefficient (Wildman–Crippen LogP) is 2.59. The van der Waals surface area contributed by atoms with E-state index < -0.39 is 63.7 Å².